The van der Waals surface area contributed by atoms with Gasteiger partial charge in [-0.1, -0.05) is 25.5 Å². The first-order chi connectivity index (χ1) is 4.63. The van der Waals surface area contributed by atoms with E-state index in [0.717, 1.165) is 6.54 Å². The first kappa shape index (κ1) is 7.39. The third-order valence-corrected chi connectivity index (χ3v) is 2.17. The highest BCUT2D eigenvalue weighted by atomic mass is 14.8. The van der Waals surface area contributed by atoms with Gasteiger partial charge in [-0.05, 0) is 19.2 Å². The molecule has 1 aliphatic rings. The highest BCUT2D eigenvalue weighted by Gasteiger charge is 2.19. The third-order valence-electron chi connectivity index (χ3n) is 2.17. The van der Waals surface area contributed by atoms with Crippen LogP contribution in [0.2, 0.25) is 0 Å². The summed E-state index contributed by atoms with van der Waals surface area (Å²) in [5, 5.41) is 3.24. The lowest BCUT2D eigenvalue weighted by Gasteiger charge is -2.24. The van der Waals surface area contributed by atoms with Gasteiger partial charge in [-0.15, -0.1) is 0 Å². The molecule has 0 aromatic rings. The van der Waals surface area contributed by atoms with Crippen molar-refractivity contribution >= 4 is 0 Å². The zero-order chi connectivity index (χ0) is 7.61. The van der Waals surface area contributed by atoms with E-state index >= 15 is 0 Å². The lowest BCUT2D eigenvalue weighted by atomic mass is 9.85. The Bertz CT molecular complexity index is 175. The fraction of sp³-hybridized carbons (Fsp3) is 0.556. The van der Waals surface area contributed by atoms with Crippen molar-refractivity contribution in [3.05, 3.63) is 23.9 Å². The normalized spacial score (nSPS) is 22.9. The van der Waals surface area contributed by atoms with Crippen molar-refractivity contribution in [3.63, 3.8) is 0 Å². The maximum Gasteiger partial charge on any atom is 0.0230 e. The van der Waals surface area contributed by atoms with Gasteiger partial charge in [0.15, 0.2) is 0 Å². The molecule has 0 amide bonds. The maximum atomic E-state index is 3.24. The molecule has 0 aromatic carbocycles. The van der Waals surface area contributed by atoms with Crippen LogP contribution in [0.25, 0.3) is 0 Å². The summed E-state index contributed by atoms with van der Waals surface area (Å²) < 4.78 is 0. The number of nitrogens with one attached hydrogen (secondary N) is 1. The molecular formula is C9H15N. The van der Waals surface area contributed by atoms with Crippen molar-refractivity contribution in [2.45, 2.75) is 20.8 Å². The fourth-order valence-electron chi connectivity index (χ4n) is 0.940. The van der Waals surface area contributed by atoms with Crippen LogP contribution in [0, 0.1) is 5.41 Å². The van der Waals surface area contributed by atoms with E-state index < -0.39 is 0 Å². The molecule has 1 N–H and O–H groups in total. The standard InChI is InChI=1S/C9H15N/c1-8-5-4-6-10-7-9(8,2)3/h4-6,10H,7H2,1-3H3. The van der Waals surface area contributed by atoms with Gasteiger partial charge in [0, 0.05) is 12.0 Å². The molecule has 1 aliphatic heterocycles. The summed E-state index contributed by atoms with van der Waals surface area (Å²) in [5.41, 5.74) is 1.75. The molecular weight excluding hydrogens is 122 g/mol. The zero-order valence-electron chi connectivity index (χ0n) is 6.94. The lowest BCUT2D eigenvalue weighted by molar-refractivity contribution is 0.436. The summed E-state index contributed by atoms with van der Waals surface area (Å²) in [4.78, 5) is 0. The fourth-order valence-corrected chi connectivity index (χ4v) is 0.940. The van der Waals surface area contributed by atoms with Crippen LogP contribution < -0.4 is 5.32 Å². The van der Waals surface area contributed by atoms with Gasteiger partial charge < -0.3 is 5.32 Å². The SMILES string of the molecule is CC1=CC=CNCC1(C)C. The Balaban J connectivity index is 2.80. The first-order valence-electron chi connectivity index (χ1n) is 3.70. The highest BCUT2D eigenvalue weighted by molar-refractivity contribution is 5.19. The summed E-state index contributed by atoms with van der Waals surface area (Å²) in [7, 11) is 0. The molecule has 1 heterocycles. The number of hydrogen-bond donors (Lipinski definition) is 1. The van der Waals surface area contributed by atoms with Crippen LogP contribution in [0.3, 0.4) is 0 Å². The van der Waals surface area contributed by atoms with Crippen LogP contribution in [0.1, 0.15) is 20.8 Å². The van der Waals surface area contributed by atoms with Gasteiger partial charge >= 0.3 is 0 Å². The number of allylic oxidation sites excluding steroid dienone is 2. The molecule has 0 saturated heterocycles. The predicted molar refractivity (Wildman–Crippen MR) is 44.7 cm³/mol. The van der Waals surface area contributed by atoms with Crippen molar-refractivity contribution in [2.24, 2.45) is 5.41 Å². The van der Waals surface area contributed by atoms with E-state index in [9.17, 15) is 0 Å². The molecule has 1 rings (SSSR count). The van der Waals surface area contributed by atoms with Gasteiger partial charge in [-0.2, -0.15) is 0 Å². The van der Waals surface area contributed by atoms with Gasteiger partial charge in [0.2, 0.25) is 0 Å². The average Bonchev–Trinajstić information content (AvgIpc) is 1.96. The molecule has 0 atom stereocenters. The van der Waals surface area contributed by atoms with Crippen molar-refractivity contribution in [2.75, 3.05) is 6.54 Å². The zero-order valence-corrected chi connectivity index (χ0v) is 6.94. The van der Waals surface area contributed by atoms with Crippen LogP contribution in [0.5, 0.6) is 0 Å². The van der Waals surface area contributed by atoms with E-state index in [1.807, 2.05) is 6.20 Å². The Kier molecular flexibility index (Phi) is 1.84. The van der Waals surface area contributed by atoms with E-state index in [1.165, 1.54) is 5.57 Å². The van der Waals surface area contributed by atoms with Gasteiger partial charge in [0.1, 0.15) is 0 Å². The highest BCUT2D eigenvalue weighted by Crippen LogP contribution is 2.25. The Labute approximate surface area is 62.8 Å². The van der Waals surface area contributed by atoms with E-state index in [-0.39, 0.29) is 0 Å². The molecule has 0 radical (unpaired) electrons. The Hall–Kier alpha value is -0.720. The minimum Gasteiger partial charge on any atom is -0.390 e. The second-order valence-corrected chi connectivity index (χ2v) is 3.47. The quantitative estimate of drug-likeness (QED) is 0.539. The molecule has 10 heavy (non-hydrogen) atoms. The molecule has 0 spiro atoms. The van der Waals surface area contributed by atoms with Gasteiger partial charge in [0.25, 0.3) is 0 Å². The number of hydrogen-bond acceptors (Lipinski definition) is 1. The van der Waals surface area contributed by atoms with Crippen LogP contribution in [0.15, 0.2) is 23.9 Å². The van der Waals surface area contributed by atoms with Gasteiger partial charge in [-0.25, -0.2) is 0 Å². The van der Waals surface area contributed by atoms with E-state index in [4.69, 9.17) is 0 Å². The van der Waals surface area contributed by atoms with Crippen LogP contribution in [0.4, 0.5) is 0 Å². The largest absolute Gasteiger partial charge is 0.390 e. The summed E-state index contributed by atoms with van der Waals surface area (Å²) in [6, 6.07) is 0. The van der Waals surface area contributed by atoms with Crippen LogP contribution >= 0.6 is 0 Å². The van der Waals surface area contributed by atoms with E-state index in [2.05, 4.69) is 38.2 Å². The summed E-state index contributed by atoms with van der Waals surface area (Å²) in [6.07, 6.45) is 6.22. The van der Waals surface area contributed by atoms with Crippen LogP contribution in [-0.2, 0) is 0 Å². The molecule has 56 valence electrons. The molecule has 0 aromatic heterocycles. The Morgan fingerprint density at radius 2 is 2.20 bits per heavy atom. The average molecular weight is 137 g/mol. The van der Waals surface area contributed by atoms with Crippen molar-refractivity contribution < 1.29 is 0 Å². The topological polar surface area (TPSA) is 12.0 Å². The first-order valence-corrected chi connectivity index (χ1v) is 3.70. The van der Waals surface area contributed by atoms with Crippen molar-refractivity contribution in [1.29, 1.82) is 0 Å². The van der Waals surface area contributed by atoms with E-state index in [0.29, 0.717) is 5.41 Å². The summed E-state index contributed by atoms with van der Waals surface area (Å²) in [5.74, 6) is 0. The van der Waals surface area contributed by atoms with Crippen molar-refractivity contribution in [1.82, 2.24) is 5.32 Å². The monoisotopic (exact) mass is 137 g/mol. The van der Waals surface area contributed by atoms with Crippen LogP contribution in [-0.4, -0.2) is 6.54 Å². The minimum atomic E-state index is 0.309. The lowest BCUT2D eigenvalue weighted by Crippen LogP contribution is -2.25. The molecule has 1 heteroatoms. The Morgan fingerprint density at radius 3 is 2.90 bits per heavy atom. The van der Waals surface area contributed by atoms with E-state index in [1.54, 1.807) is 0 Å². The number of rotatable bonds is 0. The Morgan fingerprint density at radius 1 is 1.50 bits per heavy atom. The second-order valence-electron chi connectivity index (χ2n) is 3.47. The molecule has 0 bridgehead atoms. The van der Waals surface area contributed by atoms with Crippen molar-refractivity contribution in [3.8, 4) is 0 Å². The summed E-state index contributed by atoms with van der Waals surface area (Å²) >= 11 is 0. The molecule has 0 aliphatic carbocycles. The third kappa shape index (κ3) is 1.41. The predicted octanol–water partition coefficient (Wildman–Crippen LogP) is 2.08. The van der Waals surface area contributed by atoms with Gasteiger partial charge in [0.05, 0.1) is 0 Å². The minimum absolute atomic E-state index is 0.309. The molecule has 0 fully saturated rings. The maximum absolute atomic E-state index is 3.24. The smallest absolute Gasteiger partial charge is 0.0230 e. The molecule has 0 saturated carbocycles. The molecule has 0 unspecified atom stereocenters. The second kappa shape index (κ2) is 2.49. The summed E-state index contributed by atoms with van der Waals surface area (Å²) in [6.45, 7) is 7.71. The molecule has 1 nitrogen and oxygen atoms in total. The van der Waals surface area contributed by atoms with Gasteiger partial charge in [-0.3, -0.25) is 0 Å².